The van der Waals surface area contributed by atoms with Gasteiger partial charge in [0.15, 0.2) is 5.82 Å². The second-order valence-electron chi connectivity index (χ2n) is 6.13. The molecule has 1 aromatic heterocycles. The fourth-order valence-corrected chi connectivity index (χ4v) is 3.47. The molecule has 2 aliphatic rings. The molecule has 4 nitrogen and oxygen atoms in total. The third kappa shape index (κ3) is 2.99. The molecular weight excluding hydrogens is 238 g/mol. The second-order valence-corrected chi connectivity index (χ2v) is 6.13. The number of aromatic nitrogens is 2. The van der Waals surface area contributed by atoms with E-state index in [4.69, 9.17) is 4.52 Å². The number of hydrogen-bond donors (Lipinski definition) is 1. The van der Waals surface area contributed by atoms with Crippen molar-refractivity contribution in [2.75, 3.05) is 6.54 Å². The Hall–Kier alpha value is -0.900. The van der Waals surface area contributed by atoms with Crippen molar-refractivity contribution in [1.29, 1.82) is 0 Å². The third-order valence-corrected chi connectivity index (χ3v) is 4.82. The van der Waals surface area contributed by atoms with E-state index in [1.54, 1.807) is 0 Å². The van der Waals surface area contributed by atoms with Crippen LogP contribution < -0.4 is 5.32 Å². The van der Waals surface area contributed by atoms with Crippen LogP contribution in [0.25, 0.3) is 0 Å². The van der Waals surface area contributed by atoms with Gasteiger partial charge in [0.1, 0.15) is 0 Å². The molecule has 1 aromatic rings. The first kappa shape index (κ1) is 13.1. The topological polar surface area (TPSA) is 51.0 Å². The molecule has 2 fully saturated rings. The van der Waals surface area contributed by atoms with Crippen LogP contribution in [0.5, 0.6) is 0 Å². The molecular formula is C15H25N3O. The van der Waals surface area contributed by atoms with Gasteiger partial charge >= 0.3 is 0 Å². The van der Waals surface area contributed by atoms with Gasteiger partial charge in [0.2, 0.25) is 5.89 Å². The maximum absolute atomic E-state index is 5.53. The lowest BCUT2D eigenvalue weighted by atomic mass is 9.88. The molecule has 0 aromatic carbocycles. The van der Waals surface area contributed by atoms with Crippen molar-refractivity contribution in [3.05, 3.63) is 11.7 Å². The zero-order chi connectivity index (χ0) is 13.1. The Bertz CT molecular complexity index is 398. The van der Waals surface area contributed by atoms with Gasteiger partial charge in [0.25, 0.3) is 0 Å². The molecule has 0 spiro atoms. The summed E-state index contributed by atoms with van der Waals surface area (Å²) in [4.78, 5) is 4.69. The molecule has 0 amide bonds. The minimum Gasteiger partial charge on any atom is -0.338 e. The molecule has 2 atom stereocenters. The summed E-state index contributed by atoms with van der Waals surface area (Å²) < 4.78 is 5.53. The van der Waals surface area contributed by atoms with Crippen molar-refractivity contribution in [2.45, 2.75) is 70.3 Å². The monoisotopic (exact) mass is 263 g/mol. The second kappa shape index (κ2) is 6.04. The van der Waals surface area contributed by atoms with Crippen LogP contribution in [-0.4, -0.2) is 16.7 Å². The summed E-state index contributed by atoms with van der Waals surface area (Å²) in [5.41, 5.74) is 0. The van der Waals surface area contributed by atoms with Crippen molar-refractivity contribution in [2.24, 2.45) is 5.92 Å². The van der Waals surface area contributed by atoms with Crippen LogP contribution in [0.1, 0.15) is 82.0 Å². The van der Waals surface area contributed by atoms with E-state index in [-0.39, 0.29) is 6.04 Å². The number of rotatable bonds is 3. The fourth-order valence-electron chi connectivity index (χ4n) is 3.47. The van der Waals surface area contributed by atoms with E-state index >= 15 is 0 Å². The van der Waals surface area contributed by atoms with Crippen LogP contribution in [0, 0.1) is 5.92 Å². The quantitative estimate of drug-likeness (QED) is 0.905. The molecule has 0 radical (unpaired) electrons. The van der Waals surface area contributed by atoms with Crippen LogP contribution in [0.2, 0.25) is 0 Å². The average molecular weight is 263 g/mol. The predicted octanol–water partition coefficient (Wildman–Crippen LogP) is 3.57. The minimum atomic E-state index is 0.281. The summed E-state index contributed by atoms with van der Waals surface area (Å²) in [5, 5.41) is 7.76. The minimum absolute atomic E-state index is 0.281. The Balaban J connectivity index is 1.66. The maximum Gasteiger partial charge on any atom is 0.243 e. The van der Waals surface area contributed by atoms with Gasteiger partial charge in [-0.05, 0) is 38.1 Å². The maximum atomic E-state index is 5.53. The van der Waals surface area contributed by atoms with E-state index in [1.165, 1.54) is 44.9 Å². The van der Waals surface area contributed by atoms with E-state index in [1.807, 2.05) is 0 Å². The Morgan fingerprint density at radius 1 is 1.21 bits per heavy atom. The summed E-state index contributed by atoms with van der Waals surface area (Å²) in [5.74, 6) is 3.11. The molecule has 3 rings (SSSR count). The molecule has 106 valence electrons. The largest absolute Gasteiger partial charge is 0.338 e. The molecule has 1 N–H and O–H groups in total. The molecule has 19 heavy (non-hydrogen) atoms. The molecule has 2 unspecified atom stereocenters. The third-order valence-electron chi connectivity index (χ3n) is 4.82. The van der Waals surface area contributed by atoms with Crippen molar-refractivity contribution in [3.8, 4) is 0 Å². The van der Waals surface area contributed by atoms with Gasteiger partial charge in [-0.3, -0.25) is 0 Å². The van der Waals surface area contributed by atoms with Crippen LogP contribution in [-0.2, 0) is 0 Å². The highest BCUT2D eigenvalue weighted by atomic mass is 16.5. The number of hydrogen-bond acceptors (Lipinski definition) is 4. The fraction of sp³-hybridized carbons (Fsp3) is 0.867. The molecule has 1 aliphatic heterocycles. The van der Waals surface area contributed by atoms with Crippen LogP contribution in [0.4, 0.5) is 0 Å². The van der Waals surface area contributed by atoms with Gasteiger partial charge in [-0.1, -0.05) is 37.8 Å². The first-order chi connectivity index (χ1) is 9.36. The van der Waals surface area contributed by atoms with Gasteiger partial charge < -0.3 is 9.84 Å². The molecule has 0 bridgehead atoms. The lowest BCUT2D eigenvalue weighted by Crippen LogP contribution is -2.31. The predicted molar refractivity (Wildman–Crippen MR) is 73.9 cm³/mol. The van der Waals surface area contributed by atoms with E-state index in [0.29, 0.717) is 5.92 Å². The summed E-state index contributed by atoms with van der Waals surface area (Å²) in [6.45, 7) is 3.35. The normalized spacial score (nSPS) is 29.5. The van der Waals surface area contributed by atoms with Crippen molar-refractivity contribution >= 4 is 0 Å². The highest BCUT2D eigenvalue weighted by molar-refractivity contribution is 5.00. The van der Waals surface area contributed by atoms with E-state index < -0.39 is 0 Å². The smallest absolute Gasteiger partial charge is 0.243 e. The number of nitrogens with zero attached hydrogens (tertiary/aromatic N) is 2. The zero-order valence-electron chi connectivity index (χ0n) is 11.9. The van der Waals surface area contributed by atoms with Crippen LogP contribution >= 0.6 is 0 Å². The summed E-state index contributed by atoms with van der Waals surface area (Å²) in [7, 11) is 0. The van der Waals surface area contributed by atoms with Crippen LogP contribution in [0.3, 0.4) is 0 Å². The van der Waals surface area contributed by atoms with Crippen molar-refractivity contribution in [3.63, 3.8) is 0 Å². The van der Waals surface area contributed by atoms with Gasteiger partial charge in [-0.25, -0.2) is 0 Å². The van der Waals surface area contributed by atoms with Gasteiger partial charge in [0.05, 0.1) is 6.04 Å². The Kier molecular flexibility index (Phi) is 4.16. The van der Waals surface area contributed by atoms with Crippen LogP contribution in [0.15, 0.2) is 4.52 Å². The van der Waals surface area contributed by atoms with Gasteiger partial charge in [-0.15, -0.1) is 0 Å². The number of nitrogens with one attached hydrogen (secondary N) is 1. The Morgan fingerprint density at radius 2 is 2.05 bits per heavy atom. The standard InChI is InChI=1S/C15H25N3O/c1-2-11-8-9-16-13(10-11)15-17-14(18-19-15)12-6-4-3-5-7-12/h11-13,16H,2-10H2,1H3. The molecule has 2 heterocycles. The first-order valence-electron chi connectivity index (χ1n) is 7.93. The summed E-state index contributed by atoms with van der Waals surface area (Å²) in [6.07, 6.45) is 10.1. The molecule has 4 heteroatoms. The van der Waals surface area contributed by atoms with E-state index in [9.17, 15) is 0 Å². The number of piperidine rings is 1. The highest BCUT2D eigenvalue weighted by Crippen LogP contribution is 2.33. The lowest BCUT2D eigenvalue weighted by molar-refractivity contribution is 0.245. The van der Waals surface area contributed by atoms with E-state index in [0.717, 1.165) is 30.6 Å². The SMILES string of the molecule is CCC1CCNC(c2nc(C3CCCCC3)no2)C1. The van der Waals surface area contributed by atoms with E-state index in [2.05, 4.69) is 22.4 Å². The molecule has 1 saturated carbocycles. The Morgan fingerprint density at radius 3 is 2.84 bits per heavy atom. The molecule has 1 saturated heterocycles. The summed E-state index contributed by atoms with van der Waals surface area (Å²) >= 11 is 0. The highest BCUT2D eigenvalue weighted by Gasteiger charge is 2.28. The summed E-state index contributed by atoms with van der Waals surface area (Å²) in [6, 6.07) is 0.281. The lowest BCUT2D eigenvalue weighted by Gasteiger charge is -2.27. The van der Waals surface area contributed by atoms with Crippen molar-refractivity contribution < 1.29 is 4.52 Å². The van der Waals surface area contributed by atoms with Crippen molar-refractivity contribution in [1.82, 2.24) is 15.5 Å². The average Bonchev–Trinajstić information content (AvgIpc) is 2.98. The van der Waals surface area contributed by atoms with Gasteiger partial charge in [0, 0.05) is 5.92 Å². The Labute approximate surface area is 115 Å². The molecule has 1 aliphatic carbocycles. The zero-order valence-corrected chi connectivity index (χ0v) is 11.9. The first-order valence-corrected chi connectivity index (χ1v) is 7.93. The van der Waals surface area contributed by atoms with Gasteiger partial charge in [-0.2, -0.15) is 4.98 Å².